The second kappa shape index (κ2) is 12.9. The molecule has 0 N–H and O–H groups in total. The number of carbonyl (C=O) groups is 1. The van der Waals surface area contributed by atoms with E-state index in [-0.39, 0.29) is 5.56 Å². The van der Waals surface area contributed by atoms with E-state index in [2.05, 4.69) is 13.8 Å². The Morgan fingerprint density at radius 3 is 2.39 bits per heavy atom. The zero-order valence-corrected chi connectivity index (χ0v) is 17.4. The van der Waals surface area contributed by atoms with Gasteiger partial charge in [-0.25, -0.2) is 9.18 Å². The van der Waals surface area contributed by atoms with Crippen molar-refractivity contribution in [1.29, 1.82) is 0 Å². The van der Waals surface area contributed by atoms with Crippen molar-refractivity contribution in [3.8, 4) is 0 Å². The Labute approximate surface area is 168 Å². The maximum Gasteiger partial charge on any atom is 0.338 e. The number of rotatable bonds is 12. The van der Waals surface area contributed by atoms with E-state index in [1.54, 1.807) is 12.1 Å². The van der Waals surface area contributed by atoms with E-state index in [0.29, 0.717) is 31.3 Å². The van der Waals surface area contributed by atoms with E-state index >= 15 is 0 Å². The van der Waals surface area contributed by atoms with Crippen LogP contribution in [0.25, 0.3) is 0 Å². The van der Waals surface area contributed by atoms with Crippen LogP contribution in [0, 0.1) is 11.7 Å². The summed E-state index contributed by atoms with van der Waals surface area (Å²) in [5.74, 6) is -0.612. The number of benzene rings is 1. The summed E-state index contributed by atoms with van der Waals surface area (Å²) in [5, 5.41) is 0. The molecule has 2 rings (SSSR count). The van der Waals surface area contributed by atoms with Crippen LogP contribution in [0.2, 0.25) is 0 Å². The number of unbranched alkanes of at least 4 members (excludes halogenated alkanes) is 6. The molecule has 1 aromatic carbocycles. The van der Waals surface area contributed by atoms with E-state index in [4.69, 9.17) is 14.2 Å². The molecule has 5 heteroatoms. The molecule has 0 bridgehead atoms. The molecule has 1 saturated heterocycles. The lowest BCUT2D eigenvalue weighted by Gasteiger charge is -2.30. The van der Waals surface area contributed by atoms with Crippen LogP contribution >= 0.6 is 0 Å². The number of carbonyl (C=O) groups excluding carboxylic acids is 1. The lowest BCUT2D eigenvalue weighted by molar-refractivity contribution is -0.207. The maximum atomic E-state index is 14.5. The van der Waals surface area contributed by atoms with Crippen LogP contribution in [-0.4, -0.2) is 25.8 Å². The van der Waals surface area contributed by atoms with Crippen molar-refractivity contribution in [1.82, 2.24) is 0 Å². The van der Waals surface area contributed by atoms with Gasteiger partial charge in [-0.1, -0.05) is 64.9 Å². The SMILES string of the molecule is CCCCCCCC1COC(c2ccc(C(=O)OCCCCC)cc2F)OC1. The van der Waals surface area contributed by atoms with Crippen LogP contribution in [0.15, 0.2) is 18.2 Å². The van der Waals surface area contributed by atoms with Gasteiger partial charge in [-0.15, -0.1) is 0 Å². The highest BCUT2D eigenvalue weighted by atomic mass is 19.1. The highest BCUT2D eigenvalue weighted by molar-refractivity contribution is 5.89. The van der Waals surface area contributed by atoms with Crippen molar-refractivity contribution in [2.45, 2.75) is 77.9 Å². The smallest absolute Gasteiger partial charge is 0.338 e. The van der Waals surface area contributed by atoms with Crippen molar-refractivity contribution >= 4 is 5.97 Å². The molecular formula is C23H35FO4. The number of halogens is 1. The summed E-state index contributed by atoms with van der Waals surface area (Å²) in [6, 6.07) is 4.35. The Balaban J connectivity index is 1.77. The molecule has 0 aliphatic carbocycles. The fourth-order valence-electron chi connectivity index (χ4n) is 3.37. The van der Waals surface area contributed by atoms with Gasteiger partial charge in [-0.05, 0) is 25.0 Å². The molecule has 0 spiro atoms. The van der Waals surface area contributed by atoms with Gasteiger partial charge in [0, 0.05) is 11.5 Å². The molecule has 1 fully saturated rings. The molecule has 0 radical (unpaired) electrons. The summed E-state index contributed by atoms with van der Waals surface area (Å²) < 4.78 is 31.2. The standard InChI is InChI=1S/C23H35FO4/c1-3-5-7-8-9-11-18-16-27-23(28-17-18)20-13-12-19(15-21(20)24)22(25)26-14-10-6-4-2/h12-13,15,18,23H,3-11,14,16-17H2,1-2H3. The Morgan fingerprint density at radius 1 is 1.04 bits per heavy atom. The highest BCUT2D eigenvalue weighted by Crippen LogP contribution is 2.29. The first-order chi connectivity index (χ1) is 13.7. The zero-order valence-electron chi connectivity index (χ0n) is 17.4. The van der Waals surface area contributed by atoms with E-state index in [0.717, 1.165) is 25.7 Å². The van der Waals surface area contributed by atoms with Gasteiger partial charge < -0.3 is 14.2 Å². The number of hydrogen-bond acceptors (Lipinski definition) is 4. The minimum atomic E-state index is -0.703. The van der Waals surface area contributed by atoms with Gasteiger partial charge in [0.05, 0.1) is 25.4 Å². The predicted molar refractivity (Wildman–Crippen MR) is 108 cm³/mol. The van der Waals surface area contributed by atoms with E-state index in [1.165, 1.54) is 38.2 Å². The largest absolute Gasteiger partial charge is 0.462 e. The van der Waals surface area contributed by atoms with E-state index in [1.807, 2.05) is 0 Å². The van der Waals surface area contributed by atoms with Crippen molar-refractivity contribution in [3.05, 3.63) is 35.1 Å². The Morgan fingerprint density at radius 2 is 1.71 bits per heavy atom. The molecule has 4 nitrogen and oxygen atoms in total. The van der Waals surface area contributed by atoms with Crippen LogP contribution in [0.5, 0.6) is 0 Å². The van der Waals surface area contributed by atoms with E-state index in [9.17, 15) is 9.18 Å². The summed E-state index contributed by atoms with van der Waals surface area (Å²) in [6.07, 6.45) is 9.54. The summed E-state index contributed by atoms with van der Waals surface area (Å²) >= 11 is 0. The second-order valence-electron chi connectivity index (χ2n) is 7.65. The second-order valence-corrected chi connectivity index (χ2v) is 7.65. The molecule has 0 saturated carbocycles. The number of hydrogen-bond donors (Lipinski definition) is 0. The molecule has 28 heavy (non-hydrogen) atoms. The quantitative estimate of drug-likeness (QED) is 0.313. The average molecular weight is 395 g/mol. The van der Waals surface area contributed by atoms with Crippen molar-refractivity contribution in [2.75, 3.05) is 19.8 Å². The first kappa shape index (κ1) is 22.8. The third-order valence-electron chi connectivity index (χ3n) is 5.15. The van der Waals surface area contributed by atoms with Gasteiger partial charge in [0.15, 0.2) is 6.29 Å². The Hall–Kier alpha value is -1.46. The van der Waals surface area contributed by atoms with Crippen molar-refractivity contribution in [2.24, 2.45) is 5.92 Å². The fourth-order valence-corrected chi connectivity index (χ4v) is 3.37. The van der Waals surface area contributed by atoms with Crippen LogP contribution in [0.3, 0.4) is 0 Å². The molecule has 0 amide bonds. The molecule has 0 atom stereocenters. The third-order valence-corrected chi connectivity index (χ3v) is 5.15. The van der Waals surface area contributed by atoms with Gasteiger partial charge in [-0.3, -0.25) is 0 Å². The fraction of sp³-hybridized carbons (Fsp3) is 0.696. The number of esters is 1. The van der Waals surface area contributed by atoms with Gasteiger partial charge >= 0.3 is 5.97 Å². The van der Waals surface area contributed by atoms with Gasteiger partial charge in [0.2, 0.25) is 0 Å². The lowest BCUT2D eigenvalue weighted by atomic mass is 10.0. The van der Waals surface area contributed by atoms with Crippen LogP contribution < -0.4 is 0 Å². The number of ether oxygens (including phenoxy) is 3. The lowest BCUT2D eigenvalue weighted by Crippen LogP contribution is -2.27. The molecule has 0 unspecified atom stereocenters. The van der Waals surface area contributed by atoms with Crippen molar-refractivity contribution < 1.29 is 23.4 Å². The molecule has 1 heterocycles. The van der Waals surface area contributed by atoms with Crippen LogP contribution in [0.1, 0.15) is 93.8 Å². The monoisotopic (exact) mass is 394 g/mol. The topological polar surface area (TPSA) is 44.8 Å². The minimum Gasteiger partial charge on any atom is -0.462 e. The molecular weight excluding hydrogens is 359 g/mol. The van der Waals surface area contributed by atoms with Gasteiger partial charge in [0.25, 0.3) is 0 Å². The molecule has 1 aliphatic rings. The molecule has 1 aromatic rings. The summed E-state index contributed by atoms with van der Waals surface area (Å²) in [5.41, 5.74) is 0.558. The van der Waals surface area contributed by atoms with Gasteiger partial charge in [-0.2, -0.15) is 0 Å². The van der Waals surface area contributed by atoms with Crippen LogP contribution in [0.4, 0.5) is 4.39 Å². The molecule has 0 aromatic heterocycles. The predicted octanol–water partition coefficient (Wildman–Crippen LogP) is 6.19. The van der Waals surface area contributed by atoms with Gasteiger partial charge in [0.1, 0.15) is 5.82 Å². The maximum absolute atomic E-state index is 14.5. The Bertz CT molecular complexity index is 582. The third kappa shape index (κ3) is 7.51. The van der Waals surface area contributed by atoms with Crippen LogP contribution in [-0.2, 0) is 14.2 Å². The Kier molecular flexibility index (Phi) is 10.5. The minimum absolute atomic E-state index is 0.221. The summed E-state index contributed by atoms with van der Waals surface area (Å²) in [7, 11) is 0. The molecule has 158 valence electrons. The normalized spacial score (nSPS) is 19.5. The zero-order chi connectivity index (χ0) is 20.2. The van der Waals surface area contributed by atoms with E-state index < -0.39 is 18.1 Å². The first-order valence-electron chi connectivity index (χ1n) is 10.9. The average Bonchev–Trinajstić information content (AvgIpc) is 2.71. The summed E-state index contributed by atoms with van der Waals surface area (Å²) in [6.45, 7) is 5.83. The highest BCUT2D eigenvalue weighted by Gasteiger charge is 2.26. The van der Waals surface area contributed by atoms with Crippen molar-refractivity contribution in [3.63, 3.8) is 0 Å². The molecule has 1 aliphatic heterocycles. The summed E-state index contributed by atoms with van der Waals surface area (Å²) in [4.78, 5) is 12.0. The first-order valence-corrected chi connectivity index (χ1v) is 10.9.